The van der Waals surface area contributed by atoms with E-state index in [4.69, 9.17) is 4.74 Å². The van der Waals surface area contributed by atoms with E-state index < -0.39 is 5.97 Å². The van der Waals surface area contributed by atoms with Crippen LogP contribution in [0.1, 0.15) is 38.6 Å². The maximum absolute atomic E-state index is 12.8. The number of ether oxygens (including phenoxy) is 1. The lowest BCUT2D eigenvalue weighted by Gasteiger charge is -2.41. The van der Waals surface area contributed by atoms with Crippen LogP contribution in [0.2, 0.25) is 0 Å². The standard InChI is InChI=1S/C17H19NO3/c1-3-7-18-9-11-8-12(10-18)16(19)15-13(11)5-4-6-14(15)17(20)21-2/h3-6,11-12H,1,7-10H2,2H3. The van der Waals surface area contributed by atoms with E-state index in [1.165, 1.54) is 7.11 Å². The fourth-order valence-electron chi connectivity index (χ4n) is 3.61. The first-order valence-electron chi connectivity index (χ1n) is 7.24. The number of fused-ring (bicyclic) bond motifs is 4. The van der Waals surface area contributed by atoms with Gasteiger partial charge in [-0.2, -0.15) is 0 Å². The summed E-state index contributed by atoms with van der Waals surface area (Å²) >= 11 is 0. The molecule has 1 fully saturated rings. The monoisotopic (exact) mass is 285 g/mol. The van der Waals surface area contributed by atoms with E-state index in [0.29, 0.717) is 17.0 Å². The molecule has 2 bridgehead atoms. The summed E-state index contributed by atoms with van der Waals surface area (Å²) in [6.45, 7) is 6.23. The molecule has 1 aliphatic heterocycles. The lowest BCUT2D eigenvalue weighted by molar-refractivity contribution is 0.0589. The van der Waals surface area contributed by atoms with E-state index in [9.17, 15) is 9.59 Å². The summed E-state index contributed by atoms with van der Waals surface area (Å²) in [7, 11) is 1.35. The highest BCUT2D eigenvalue weighted by Gasteiger charge is 2.40. The highest BCUT2D eigenvalue weighted by Crippen LogP contribution is 2.40. The number of carbonyl (C=O) groups is 2. The summed E-state index contributed by atoms with van der Waals surface area (Å²) in [4.78, 5) is 26.9. The first-order valence-corrected chi connectivity index (χ1v) is 7.24. The molecule has 1 aromatic rings. The highest BCUT2D eigenvalue weighted by atomic mass is 16.5. The summed E-state index contributed by atoms with van der Waals surface area (Å²) in [6, 6.07) is 5.49. The van der Waals surface area contributed by atoms with E-state index in [0.717, 1.165) is 31.6 Å². The molecule has 0 N–H and O–H groups in total. The van der Waals surface area contributed by atoms with Crippen LogP contribution in [0, 0.1) is 5.92 Å². The van der Waals surface area contributed by atoms with Crippen LogP contribution in [0.3, 0.4) is 0 Å². The molecule has 2 atom stereocenters. The first-order chi connectivity index (χ1) is 10.2. The van der Waals surface area contributed by atoms with Gasteiger partial charge in [0.25, 0.3) is 0 Å². The Labute approximate surface area is 124 Å². The Morgan fingerprint density at radius 2 is 2.19 bits per heavy atom. The molecular formula is C17H19NO3. The largest absolute Gasteiger partial charge is 0.465 e. The Morgan fingerprint density at radius 3 is 2.90 bits per heavy atom. The van der Waals surface area contributed by atoms with Crippen molar-refractivity contribution in [1.82, 2.24) is 4.90 Å². The number of likely N-dealkylation sites (tertiary alicyclic amines) is 1. The smallest absolute Gasteiger partial charge is 0.338 e. The van der Waals surface area contributed by atoms with Gasteiger partial charge in [-0.15, -0.1) is 6.58 Å². The number of esters is 1. The summed E-state index contributed by atoms with van der Waals surface area (Å²) in [5.41, 5.74) is 1.99. The van der Waals surface area contributed by atoms with Crippen molar-refractivity contribution < 1.29 is 14.3 Å². The van der Waals surface area contributed by atoms with Crippen LogP contribution >= 0.6 is 0 Å². The van der Waals surface area contributed by atoms with E-state index in [-0.39, 0.29) is 11.7 Å². The van der Waals surface area contributed by atoms with Crippen LogP contribution in [0.4, 0.5) is 0 Å². The third-order valence-corrected chi connectivity index (χ3v) is 4.47. The van der Waals surface area contributed by atoms with Crippen molar-refractivity contribution in [2.24, 2.45) is 5.92 Å². The van der Waals surface area contributed by atoms with Crippen molar-refractivity contribution in [2.45, 2.75) is 12.3 Å². The number of nitrogens with zero attached hydrogens (tertiary/aromatic N) is 1. The predicted octanol–water partition coefficient (Wildman–Crippen LogP) is 2.26. The van der Waals surface area contributed by atoms with Gasteiger partial charge in [0.1, 0.15) is 0 Å². The van der Waals surface area contributed by atoms with Crippen LogP contribution in [-0.2, 0) is 4.74 Å². The van der Waals surface area contributed by atoms with Gasteiger partial charge in [-0.05, 0) is 24.0 Å². The predicted molar refractivity (Wildman–Crippen MR) is 79.6 cm³/mol. The lowest BCUT2D eigenvalue weighted by atomic mass is 9.72. The number of ketones is 1. The Kier molecular flexibility index (Phi) is 3.64. The first kappa shape index (κ1) is 14.0. The maximum atomic E-state index is 12.8. The van der Waals surface area contributed by atoms with Crippen LogP contribution in [0.15, 0.2) is 30.9 Å². The number of methoxy groups -OCH3 is 1. The average molecular weight is 285 g/mol. The van der Waals surface area contributed by atoms with Crippen molar-refractivity contribution in [3.05, 3.63) is 47.5 Å². The fraction of sp³-hybridized carbons (Fsp3) is 0.412. The van der Waals surface area contributed by atoms with E-state index in [2.05, 4.69) is 11.5 Å². The van der Waals surface area contributed by atoms with Crippen LogP contribution in [-0.4, -0.2) is 43.4 Å². The minimum atomic E-state index is -0.428. The van der Waals surface area contributed by atoms with Crippen molar-refractivity contribution in [1.29, 1.82) is 0 Å². The maximum Gasteiger partial charge on any atom is 0.338 e. The molecule has 0 amide bonds. The molecule has 0 aromatic heterocycles. The van der Waals surface area contributed by atoms with Gasteiger partial charge in [-0.3, -0.25) is 9.69 Å². The fourth-order valence-corrected chi connectivity index (χ4v) is 3.61. The minimum Gasteiger partial charge on any atom is -0.465 e. The molecule has 1 heterocycles. The molecule has 2 unspecified atom stereocenters. The third-order valence-electron chi connectivity index (χ3n) is 4.47. The SMILES string of the molecule is C=CCN1CC2CC(C1)c1cccc(C(=O)OC)c1C2=O. The molecule has 1 saturated heterocycles. The van der Waals surface area contributed by atoms with Crippen LogP contribution in [0.25, 0.3) is 0 Å². The molecule has 3 rings (SSSR count). The summed E-state index contributed by atoms with van der Waals surface area (Å²) in [5, 5.41) is 0. The van der Waals surface area contributed by atoms with Gasteiger partial charge in [0, 0.05) is 31.1 Å². The molecule has 0 spiro atoms. The van der Waals surface area contributed by atoms with Gasteiger partial charge in [0.15, 0.2) is 5.78 Å². The Morgan fingerprint density at radius 1 is 1.43 bits per heavy atom. The van der Waals surface area contributed by atoms with Gasteiger partial charge in [-0.25, -0.2) is 4.79 Å². The van der Waals surface area contributed by atoms with E-state index in [1.54, 1.807) is 6.07 Å². The minimum absolute atomic E-state index is 0.0259. The second kappa shape index (κ2) is 5.45. The molecule has 21 heavy (non-hydrogen) atoms. The average Bonchev–Trinajstić information content (AvgIpc) is 2.51. The topological polar surface area (TPSA) is 46.6 Å². The van der Waals surface area contributed by atoms with Crippen molar-refractivity contribution in [2.75, 3.05) is 26.7 Å². The summed E-state index contributed by atoms with van der Waals surface area (Å²) in [5.74, 6) is -0.0675. The van der Waals surface area contributed by atoms with Gasteiger partial charge < -0.3 is 4.74 Å². The summed E-state index contributed by atoms with van der Waals surface area (Å²) < 4.78 is 4.82. The molecule has 1 aliphatic carbocycles. The van der Waals surface area contributed by atoms with Crippen LogP contribution < -0.4 is 0 Å². The van der Waals surface area contributed by atoms with Gasteiger partial charge in [0.05, 0.1) is 12.7 Å². The van der Waals surface area contributed by atoms with Gasteiger partial charge in [0.2, 0.25) is 0 Å². The number of piperidine rings is 1. The van der Waals surface area contributed by atoms with Gasteiger partial charge in [-0.1, -0.05) is 18.2 Å². The zero-order chi connectivity index (χ0) is 15.0. The molecular weight excluding hydrogens is 266 g/mol. The second-order valence-corrected chi connectivity index (χ2v) is 5.76. The van der Waals surface area contributed by atoms with Crippen LogP contribution in [0.5, 0.6) is 0 Å². The Hall–Kier alpha value is -1.94. The molecule has 4 heteroatoms. The Balaban J connectivity index is 2.05. The Bertz CT molecular complexity index is 608. The van der Waals surface area contributed by atoms with Crippen molar-refractivity contribution >= 4 is 11.8 Å². The van der Waals surface area contributed by atoms with Gasteiger partial charge >= 0.3 is 5.97 Å². The molecule has 4 nitrogen and oxygen atoms in total. The van der Waals surface area contributed by atoms with Crippen molar-refractivity contribution in [3.63, 3.8) is 0 Å². The number of rotatable bonds is 3. The number of carbonyl (C=O) groups excluding carboxylic acids is 2. The number of benzene rings is 1. The molecule has 1 aromatic carbocycles. The number of hydrogen-bond donors (Lipinski definition) is 0. The quantitative estimate of drug-likeness (QED) is 0.631. The zero-order valence-corrected chi connectivity index (χ0v) is 12.2. The molecule has 110 valence electrons. The summed E-state index contributed by atoms with van der Waals surface area (Å²) in [6.07, 6.45) is 2.75. The zero-order valence-electron chi connectivity index (χ0n) is 12.2. The molecule has 0 radical (unpaired) electrons. The second-order valence-electron chi connectivity index (χ2n) is 5.76. The lowest BCUT2D eigenvalue weighted by Crippen LogP contribution is -2.46. The van der Waals surface area contributed by atoms with Crippen molar-refractivity contribution in [3.8, 4) is 0 Å². The molecule has 2 aliphatic rings. The molecule has 0 saturated carbocycles. The normalized spacial score (nSPS) is 24.3. The highest BCUT2D eigenvalue weighted by molar-refractivity contribution is 6.09. The van der Waals surface area contributed by atoms with E-state index >= 15 is 0 Å². The van der Waals surface area contributed by atoms with E-state index in [1.807, 2.05) is 18.2 Å². The number of hydrogen-bond acceptors (Lipinski definition) is 4. The number of Topliss-reactive ketones (excluding diaryl/α,β-unsaturated/α-hetero) is 1. The third kappa shape index (κ3) is 2.29.